The Morgan fingerprint density at radius 3 is 2.52 bits per heavy atom. The second-order valence-electron chi connectivity index (χ2n) is 6.21. The number of halogens is 2. The van der Waals surface area contributed by atoms with E-state index in [9.17, 15) is 4.79 Å². The zero-order valence-corrected chi connectivity index (χ0v) is 17.4. The number of carbonyl (C=O) groups is 1. The number of ether oxygens (including phenoxy) is 2. The van der Waals surface area contributed by atoms with Gasteiger partial charge in [-0.3, -0.25) is 9.69 Å². The fraction of sp³-hybridized carbons (Fsp3) is 0.350. The molecule has 0 heterocycles. The van der Waals surface area contributed by atoms with Crippen molar-refractivity contribution in [2.75, 3.05) is 21.3 Å². The fourth-order valence-corrected chi connectivity index (χ4v) is 2.98. The number of nitrogens with one attached hydrogen (secondary N) is 1. The number of hydrogen-bond donors (Lipinski definition) is 1. The van der Waals surface area contributed by atoms with Gasteiger partial charge in [-0.2, -0.15) is 0 Å². The Balaban J connectivity index is 1.96. The number of benzene rings is 2. The summed E-state index contributed by atoms with van der Waals surface area (Å²) < 4.78 is 10.5. The number of methoxy groups -OCH3 is 2. The molecule has 0 bridgehead atoms. The van der Waals surface area contributed by atoms with Crippen LogP contribution < -0.4 is 14.8 Å². The van der Waals surface area contributed by atoms with Gasteiger partial charge in [-0.25, -0.2) is 0 Å². The minimum atomic E-state index is -0.333. The number of amides is 1. The predicted octanol–water partition coefficient (Wildman–Crippen LogP) is 4.15. The molecule has 0 aliphatic carbocycles. The number of likely N-dealkylation sites (N-methyl/N-ethyl adjacent to an activating group) is 1. The van der Waals surface area contributed by atoms with Crippen LogP contribution in [0.3, 0.4) is 0 Å². The van der Waals surface area contributed by atoms with Crippen LogP contribution in [0.4, 0.5) is 0 Å². The van der Waals surface area contributed by atoms with Crippen LogP contribution in [0.15, 0.2) is 36.4 Å². The molecule has 0 saturated carbocycles. The largest absolute Gasteiger partial charge is 0.493 e. The van der Waals surface area contributed by atoms with Crippen molar-refractivity contribution in [1.29, 1.82) is 0 Å². The molecule has 1 atom stereocenters. The number of nitrogens with zero attached hydrogens (tertiary/aromatic N) is 1. The molecular formula is C20H24Cl2N2O3. The maximum atomic E-state index is 12.5. The molecule has 0 radical (unpaired) electrons. The van der Waals surface area contributed by atoms with Gasteiger partial charge in [0.15, 0.2) is 11.5 Å². The van der Waals surface area contributed by atoms with E-state index in [0.717, 1.165) is 11.1 Å². The normalized spacial score (nSPS) is 12.0. The van der Waals surface area contributed by atoms with E-state index in [-0.39, 0.29) is 11.9 Å². The fourth-order valence-electron chi connectivity index (χ4n) is 2.60. The maximum absolute atomic E-state index is 12.5. The van der Waals surface area contributed by atoms with Crippen molar-refractivity contribution in [3.05, 3.63) is 57.6 Å². The Morgan fingerprint density at radius 2 is 1.85 bits per heavy atom. The maximum Gasteiger partial charge on any atom is 0.237 e. The lowest BCUT2D eigenvalue weighted by molar-refractivity contribution is -0.125. The Morgan fingerprint density at radius 1 is 1.15 bits per heavy atom. The van der Waals surface area contributed by atoms with Crippen molar-refractivity contribution in [2.24, 2.45) is 0 Å². The van der Waals surface area contributed by atoms with Gasteiger partial charge in [-0.05, 0) is 43.3 Å². The van der Waals surface area contributed by atoms with Crippen LogP contribution in [0.25, 0.3) is 0 Å². The van der Waals surface area contributed by atoms with Crippen molar-refractivity contribution in [3.8, 4) is 11.5 Å². The Bertz CT molecular complexity index is 799. The number of rotatable bonds is 8. The van der Waals surface area contributed by atoms with Gasteiger partial charge in [-0.15, -0.1) is 0 Å². The molecule has 0 fully saturated rings. The number of carbonyl (C=O) groups excluding carboxylic acids is 1. The van der Waals surface area contributed by atoms with Crippen LogP contribution in [0.5, 0.6) is 11.5 Å². The molecule has 2 aromatic carbocycles. The zero-order valence-electron chi connectivity index (χ0n) is 15.9. The minimum absolute atomic E-state index is 0.0783. The summed E-state index contributed by atoms with van der Waals surface area (Å²) >= 11 is 12.3. The van der Waals surface area contributed by atoms with E-state index in [1.807, 2.05) is 49.2 Å². The van der Waals surface area contributed by atoms with E-state index in [2.05, 4.69) is 5.32 Å². The summed E-state index contributed by atoms with van der Waals surface area (Å²) in [5.41, 5.74) is 1.81. The van der Waals surface area contributed by atoms with Crippen molar-refractivity contribution < 1.29 is 14.3 Å². The highest BCUT2D eigenvalue weighted by atomic mass is 35.5. The highest BCUT2D eigenvalue weighted by Gasteiger charge is 2.19. The Hall–Kier alpha value is -1.95. The van der Waals surface area contributed by atoms with Gasteiger partial charge in [0.1, 0.15) is 0 Å². The summed E-state index contributed by atoms with van der Waals surface area (Å²) in [6.07, 6.45) is 0. The Labute approximate surface area is 170 Å². The summed E-state index contributed by atoms with van der Waals surface area (Å²) in [5, 5.41) is 3.97. The lowest BCUT2D eigenvalue weighted by Crippen LogP contribution is -2.42. The molecule has 0 saturated heterocycles. The predicted molar refractivity (Wildman–Crippen MR) is 109 cm³/mol. The summed E-state index contributed by atoms with van der Waals surface area (Å²) in [7, 11) is 5.04. The summed E-state index contributed by atoms with van der Waals surface area (Å²) in [5.74, 6) is 1.20. The lowest BCUT2D eigenvalue weighted by Gasteiger charge is -2.24. The van der Waals surface area contributed by atoms with Crippen LogP contribution >= 0.6 is 23.2 Å². The first-order valence-electron chi connectivity index (χ1n) is 8.49. The molecule has 0 aliphatic rings. The van der Waals surface area contributed by atoms with Crippen LogP contribution in [-0.4, -0.2) is 38.1 Å². The van der Waals surface area contributed by atoms with Crippen molar-refractivity contribution in [3.63, 3.8) is 0 Å². The topological polar surface area (TPSA) is 50.8 Å². The second kappa shape index (κ2) is 9.83. The van der Waals surface area contributed by atoms with E-state index in [1.54, 1.807) is 20.3 Å². The summed E-state index contributed by atoms with van der Waals surface area (Å²) in [4.78, 5) is 14.4. The average Bonchev–Trinajstić information content (AvgIpc) is 2.68. The third-order valence-electron chi connectivity index (χ3n) is 4.41. The molecular weight excluding hydrogens is 387 g/mol. The first-order valence-corrected chi connectivity index (χ1v) is 9.24. The number of hydrogen-bond acceptors (Lipinski definition) is 4. The van der Waals surface area contributed by atoms with Crippen LogP contribution in [0.1, 0.15) is 18.1 Å². The van der Waals surface area contributed by atoms with Gasteiger partial charge < -0.3 is 14.8 Å². The highest BCUT2D eigenvalue weighted by Crippen LogP contribution is 2.28. The van der Waals surface area contributed by atoms with Crippen molar-refractivity contribution >= 4 is 29.1 Å². The first-order chi connectivity index (χ1) is 12.9. The van der Waals surface area contributed by atoms with Gasteiger partial charge >= 0.3 is 0 Å². The molecule has 1 amide bonds. The van der Waals surface area contributed by atoms with E-state index in [4.69, 9.17) is 32.7 Å². The van der Waals surface area contributed by atoms with E-state index < -0.39 is 0 Å². The van der Waals surface area contributed by atoms with Crippen LogP contribution in [0.2, 0.25) is 10.0 Å². The zero-order chi connectivity index (χ0) is 20.0. The molecule has 27 heavy (non-hydrogen) atoms. The smallest absolute Gasteiger partial charge is 0.237 e. The summed E-state index contributed by atoms with van der Waals surface area (Å²) in [6.45, 7) is 2.77. The molecule has 0 aliphatic heterocycles. The molecule has 0 aromatic heterocycles. The van der Waals surface area contributed by atoms with E-state index >= 15 is 0 Å². The van der Waals surface area contributed by atoms with E-state index in [0.29, 0.717) is 34.6 Å². The summed E-state index contributed by atoms with van der Waals surface area (Å²) in [6, 6.07) is 10.7. The van der Waals surface area contributed by atoms with Gasteiger partial charge in [-0.1, -0.05) is 41.4 Å². The standard InChI is InChI=1S/C20H24Cl2N2O3/c1-13(24(2)12-15-6-5-7-16(21)19(15)22)20(25)23-11-14-8-9-17(26-3)18(10-14)27-4/h5-10,13H,11-12H2,1-4H3,(H,23,25)/t13-/m1/s1. The highest BCUT2D eigenvalue weighted by molar-refractivity contribution is 6.42. The van der Waals surface area contributed by atoms with Crippen LogP contribution in [0, 0.1) is 0 Å². The molecule has 5 nitrogen and oxygen atoms in total. The third-order valence-corrected chi connectivity index (χ3v) is 5.26. The van der Waals surface area contributed by atoms with Gasteiger partial charge in [0.05, 0.1) is 30.3 Å². The molecule has 2 rings (SSSR count). The lowest BCUT2D eigenvalue weighted by atomic mass is 10.1. The minimum Gasteiger partial charge on any atom is -0.493 e. The van der Waals surface area contributed by atoms with E-state index in [1.165, 1.54) is 0 Å². The van der Waals surface area contributed by atoms with Gasteiger partial charge in [0.2, 0.25) is 5.91 Å². The monoisotopic (exact) mass is 410 g/mol. The molecule has 0 unspecified atom stereocenters. The first kappa shape index (κ1) is 21.4. The van der Waals surface area contributed by atoms with Gasteiger partial charge in [0, 0.05) is 13.1 Å². The molecule has 2 aromatic rings. The van der Waals surface area contributed by atoms with Crippen molar-refractivity contribution in [1.82, 2.24) is 10.2 Å². The second-order valence-corrected chi connectivity index (χ2v) is 7.00. The van der Waals surface area contributed by atoms with Crippen LogP contribution in [-0.2, 0) is 17.9 Å². The van der Waals surface area contributed by atoms with Gasteiger partial charge in [0.25, 0.3) is 0 Å². The molecule has 1 N–H and O–H groups in total. The third kappa shape index (κ3) is 5.51. The van der Waals surface area contributed by atoms with Crippen molar-refractivity contribution in [2.45, 2.75) is 26.1 Å². The molecule has 7 heteroatoms. The average molecular weight is 411 g/mol. The Kier molecular flexibility index (Phi) is 7.78. The molecule has 146 valence electrons. The molecule has 0 spiro atoms. The quantitative estimate of drug-likeness (QED) is 0.709. The SMILES string of the molecule is COc1ccc(CNC(=O)[C@@H](C)N(C)Cc2cccc(Cl)c2Cl)cc1OC.